The van der Waals surface area contributed by atoms with Crippen molar-refractivity contribution in [2.24, 2.45) is 0 Å². The van der Waals surface area contributed by atoms with Gasteiger partial charge in [-0.3, -0.25) is 19.2 Å². The molecule has 0 fully saturated rings. The van der Waals surface area contributed by atoms with E-state index in [-0.39, 0.29) is 42.2 Å². The third kappa shape index (κ3) is 8.95. The minimum atomic E-state index is -0.930. The minimum absolute atomic E-state index is 0.0000186. The van der Waals surface area contributed by atoms with Gasteiger partial charge in [0.2, 0.25) is 5.91 Å². The summed E-state index contributed by atoms with van der Waals surface area (Å²) in [5.74, 6) is -1.38. The highest BCUT2D eigenvalue weighted by atomic mass is 16.5. The van der Waals surface area contributed by atoms with E-state index in [0.717, 1.165) is 19.4 Å². The molecule has 0 saturated heterocycles. The highest BCUT2D eigenvalue weighted by Crippen LogP contribution is 2.21. The van der Waals surface area contributed by atoms with Crippen molar-refractivity contribution in [2.45, 2.75) is 31.7 Å². The molecule has 0 radical (unpaired) electrons. The first-order valence-electron chi connectivity index (χ1n) is 10.1. The van der Waals surface area contributed by atoms with Crippen LogP contribution in [0, 0.1) is 0 Å². The molecule has 1 aromatic carbocycles. The number of ether oxygens (including phenoxy) is 1. The predicted octanol–water partition coefficient (Wildman–Crippen LogP) is -0.183. The van der Waals surface area contributed by atoms with Crippen molar-refractivity contribution < 1.29 is 28.7 Å². The Morgan fingerprint density at radius 1 is 1.10 bits per heavy atom. The molecule has 1 rings (SSSR count). The first-order valence-corrected chi connectivity index (χ1v) is 10.1. The van der Waals surface area contributed by atoms with Gasteiger partial charge in [-0.25, -0.2) is 0 Å². The van der Waals surface area contributed by atoms with Crippen LogP contribution in [-0.4, -0.2) is 70.1 Å². The fourth-order valence-corrected chi connectivity index (χ4v) is 2.75. The average molecular weight is 434 g/mol. The molecule has 170 valence electrons. The Morgan fingerprint density at radius 3 is 2.48 bits per heavy atom. The van der Waals surface area contributed by atoms with Crippen LogP contribution in [0.5, 0.6) is 5.75 Å². The normalized spacial score (nSPS) is 11.2. The van der Waals surface area contributed by atoms with E-state index in [2.05, 4.69) is 21.3 Å². The third-order valence-corrected chi connectivity index (χ3v) is 4.40. The lowest BCUT2D eigenvalue weighted by Gasteiger charge is -2.17. The van der Waals surface area contributed by atoms with Gasteiger partial charge in [0.15, 0.2) is 12.9 Å². The minimum Gasteiger partial charge on any atom is -0.483 e. The van der Waals surface area contributed by atoms with Crippen LogP contribution in [-0.2, 0) is 14.4 Å². The Morgan fingerprint density at radius 2 is 1.84 bits per heavy atom. The average Bonchev–Trinajstić information content (AvgIpc) is 2.79. The zero-order valence-corrected chi connectivity index (χ0v) is 17.9. The number of hydrogen-bond donors (Lipinski definition) is 4. The van der Waals surface area contributed by atoms with E-state index in [9.17, 15) is 24.0 Å². The number of rotatable bonds is 15. The summed E-state index contributed by atoms with van der Waals surface area (Å²) in [7, 11) is 3.27. The topological polar surface area (TPSA) is 143 Å². The third-order valence-electron chi connectivity index (χ3n) is 4.40. The molecule has 4 N–H and O–H groups in total. The van der Waals surface area contributed by atoms with Crippen LogP contribution in [0.1, 0.15) is 46.4 Å². The van der Waals surface area contributed by atoms with Crippen molar-refractivity contribution in [3.8, 4) is 5.75 Å². The summed E-state index contributed by atoms with van der Waals surface area (Å²) in [5, 5.41) is 10.7. The molecule has 0 aliphatic carbocycles. The van der Waals surface area contributed by atoms with Crippen LogP contribution in [0.2, 0.25) is 0 Å². The van der Waals surface area contributed by atoms with Crippen molar-refractivity contribution in [3.05, 3.63) is 29.3 Å². The fraction of sp³-hybridized carbons (Fsp3) is 0.476. The van der Waals surface area contributed by atoms with Crippen molar-refractivity contribution in [2.75, 3.05) is 33.8 Å². The molecule has 3 amide bonds. The van der Waals surface area contributed by atoms with Crippen molar-refractivity contribution in [1.29, 1.82) is 0 Å². The number of aldehydes is 2. The summed E-state index contributed by atoms with van der Waals surface area (Å²) in [6, 6.07) is 3.46. The highest BCUT2D eigenvalue weighted by molar-refractivity contribution is 6.04. The molecule has 1 aromatic rings. The van der Waals surface area contributed by atoms with Gasteiger partial charge in [0.05, 0.1) is 11.1 Å². The predicted molar refractivity (Wildman–Crippen MR) is 114 cm³/mol. The second-order valence-corrected chi connectivity index (χ2v) is 6.67. The second-order valence-electron chi connectivity index (χ2n) is 6.67. The maximum Gasteiger partial charge on any atom is 0.257 e. The van der Waals surface area contributed by atoms with E-state index in [1.54, 1.807) is 0 Å². The van der Waals surface area contributed by atoms with Crippen molar-refractivity contribution >= 4 is 30.3 Å². The number of likely N-dealkylation sites (N-methyl/N-ethyl adjacent to an activating group) is 1. The molecule has 31 heavy (non-hydrogen) atoms. The molecular formula is C21H30N4O6. The molecule has 0 heterocycles. The number of nitrogens with one attached hydrogen (secondary N) is 4. The summed E-state index contributed by atoms with van der Waals surface area (Å²) < 4.78 is 5.44. The van der Waals surface area contributed by atoms with E-state index in [0.29, 0.717) is 19.1 Å². The van der Waals surface area contributed by atoms with Crippen LogP contribution in [0.15, 0.2) is 18.2 Å². The lowest BCUT2D eigenvalue weighted by molar-refractivity contribution is -0.123. The Balaban J connectivity index is 2.79. The fourth-order valence-electron chi connectivity index (χ4n) is 2.75. The number of benzene rings is 1. The number of hydrogen-bond acceptors (Lipinski definition) is 7. The number of carbonyl (C=O) groups is 5. The van der Waals surface area contributed by atoms with Gasteiger partial charge in [-0.1, -0.05) is 6.07 Å². The van der Waals surface area contributed by atoms with Gasteiger partial charge in [-0.2, -0.15) is 0 Å². The number of unbranched alkanes of at least 4 members (excludes halogenated alkanes) is 1. The highest BCUT2D eigenvalue weighted by Gasteiger charge is 2.23. The van der Waals surface area contributed by atoms with E-state index in [1.165, 1.54) is 25.2 Å². The Labute approximate surface area is 181 Å². The monoisotopic (exact) mass is 434 g/mol. The van der Waals surface area contributed by atoms with E-state index < -0.39 is 17.9 Å². The summed E-state index contributed by atoms with van der Waals surface area (Å²) in [6.45, 7) is 1.06. The summed E-state index contributed by atoms with van der Waals surface area (Å²) in [5.41, 5.74) is -0.0344. The van der Waals surface area contributed by atoms with Gasteiger partial charge in [-0.15, -0.1) is 0 Å². The summed E-state index contributed by atoms with van der Waals surface area (Å²) in [6.07, 6.45) is 3.06. The molecule has 0 aliphatic heterocycles. The standard InChI is InChI=1S/C21H30N4O6/c1-22-10-3-4-11-24-19(28)14-31-18-9-5-7-15(16(18)13-27)20(29)25-17(8-6-12-26)21(30)23-2/h5,7,9,12-13,17,22H,3-4,6,8,10-11,14H2,1-2H3,(H,23,30)(H,24,28)(H,25,29). The van der Waals surface area contributed by atoms with Crippen LogP contribution in [0.3, 0.4) is 0 Å². The van der Waals surface area contributed by atoms with Gasteiger partial charge in [0.25, 0.3) is 11.8 Å². The van der Waals surface area contributed by atoms with E-state index >= 15 is 0 Å². The molecule has 10 nitrogen and oxygen atoms in total. The van der Waals surface area contributed by atoms with Crippen LogP contribution < -0.4 is 26.0 Å². The van der Waals surface area contributed by atoms with E-state index in [4.69, 9.17) is 4.74 Å². The second kappa shape index (κ2) is 14.7. The first-order chi connectivity index (χ1) is 15.0. The quantitative estimate of drug-likeness (QED) is 0.221. The van der Waals surface area contributed by atoms with Crippen LogP contribution >= 0.6 is 0 Å². The van der Waals surface area contributed by atoms with Crippen molar-refractivity contribution in [1.82, 2.24) is 21.3 Å². The number of amides is 3. The largest absolute Gasteiger partial charge is 0.483 e. The molecule has 0 bridgehead atoms. The van der Waals surface area contributed by atoms with Crippen molar-refractivity contribution in [3.63, 3.8) is 0 Å². The Kier molecular flexibility index (Phi) is 12.2. The molecule has 1 unspecified atom stereocenters. The molecule has 0 spiro atoms. The molecular weight excluding hydrogens is 404 g/mol. The molecule has 0 aromatic heterocycles. The summed E-state index contributed by atoms with van der Waals surface area (Å²) in [4.78, 5) is 58.8. The zero-order valence-electron chi connectivity index (χ0n) is 17.9. The van der Waals surface area contributed by atoms with Gasteiger partial charge >= 0.3 is 0 Å². The smallest absolute Gasteiger partial charge is 0.257 e. The molecule has 0 aliphatic rings. The van der Waals surface area contributed by atoms with Crippen LogP contribution in [0.25, 0.3) is 0 Å². The lowest BCUT2D eigenvalue weighted by atomic mass is 10.1. The summed E-state index contributed by atoms with van der Waals surface area (Å²) >= 11 is 0. The molecule has 1 atom stereocenters. The SMILES string of the molecule is CNCCCCNC(=O)COc1cccc(C(=O)NC(CCC=O)C(=O)NC)c1C=O. The first kappa shape index (κ1) is 25.8. The van der Waals surface area contributed by atoms with Crippen LogP contribution in [0.4, 0.5) is 0 Å². The maximum atomic E-state index is 12.7. The molecule has 10 heteroatoms. The maximum absolute atomic E-state index is 12.7. The van der Waals surface area contributed by atoms with E-state index in [1.807, 2.05) is 7.05 Å². The molecule has 0 saturated carbocycles. The van der Waals surface area contributed by atoms with Gasteiger partial charge < -0.3 is 30.8 Å². The number of carbonyl (C=O) groups excluding carboxylic acids is 5. The van der Waals surface area contributed by atoms with Gasteiger partial charge in [0, 0.05) is 20.0 Å². The van der Waals surface area contributed by atoms with Gasteiger partial charge in [-0.05, 0) is 45.0 Å². The zero-order chi connectivity index (χ0) is 23.1. The Hall–Kier alpha value is -3.27. The van der Waals surface area contributed by atoms with Gasteiger partial charge in [0.1, 0.15) is 18.1 Å². The Bertz CT molecular complexity index is 768. The lowest BCUT2D eigenvalue weighted by Crippen LogP contribution is -2.46.